The lowest BCUT2D eigenvalue weighted by atomic mass is 10.0. The number of furan rings is 1. The Morgan fingerprint density at radius 1 is 1.00 bits per heavy atom. The predicted octanol–water partition coefficient (Wildman–Crippen LogP) is 1.66. The van der Waals surface area contributed by atoms with Crippen LogP contribution in [0.3, 0.4) is 0 Å². The van der Waals surface area contributed by atoms with Crippen molar-refractivity contribution in [3.8, 4) is 0 Å². The number of quaternary nitrogens is 1. The molecule has 2 nitrogen and oxygen atoms in total. The van der Waals surface area contributed by atoms with Crippen molar-refractivity contribution in [2.75, 3.05) is 14.1 Å². The normalized spacial score (nSPS) is 12.7. The summed E-state index contributed by atoms with van der Waals surface area (Å²) in [5, 5.41) is 0. The van der Waals surface area contributed by atoms with Crippen molar-refractivity contribution in [1.82, 2.24) is 0 Å². The van der Waals surface area contributed by atoms with Crippen molar-refractivity contribution in [3.05, 3.63) is 60.1 Å². The molecule has 0 fully saturated rings. The van der Waals surface area contributed by atoms with Gasteiger partial charge >= 0.3 is 0 Å². The third-order valence-electron chi connectivity index (χ3n) is 4.50. The topological polar surface area (TPSA) is 13.1 Å². The molecule has 0 amide bonds. The Kier molecular flexibility index (Phi) is 8.18. The second-order valence-electron chi connectivity index (χ2n) is 6.60. The van der Waals surface area contributed by atoms with E-state index in [1.165, 1.54) is 24.8 Å². The van der Waals surface area contributed by atoms with E-state index in [9.17, 15) is 0 Å². The van der Waals surface area contributed by atoms with Gasteiger partial charge in [-0.15, -0.1) is 0 Å². The van der Waals surface area contributed by atoms with Gasteiger partial charge in [-0.3, -0.25) is 0 Å². The molecule has 122 valence electrons. The molecule has 1 unspecified atom stereocenters. The summed E-state index contributed by atoms with van der Waals surface area (Å²) >= 11 is 0. The van der Waals surface area contributed by atoms with Crippen LogP contribution in [0.2, 0.25) is 0 Å². The van der Waals surface area contributed by atoms with E-state index in [0.29, 0.717) is 6.04 Å². The highest BCUT2D eigenvalue weighted by Crippen LogP contribution is 2.18. The smallest absolute Gasteiger partial charge is 0.104 e. The molecule has 1 atom stereocenters. The Balaban J connectivity index is 0.00000242. The zero-order chi connectivity index (χ0) is 15.1. The number of hydrogen-bond donors (Lipinski definition) is 0. The number of unbranched alkanes of at least 4 members (excludes halogenated alkanes) is 1. The van der Waals surface area contributed by atoms with Gasteiger partial charge in [-0.2, -0.15) is 0 Å². The summed E-state index contributed by atoms with van der Waals surface area (Å²) in [5.74, 6) is 1.11. The molecule has 3 heteroatoms. The zero-order valence-electron chi connectivity index (χ0n) is 14.0. The summed E-state index contributed by atoms with van der Waals surface area (Å²) in [6, 6.07) is 15.5. The predicted molar refractivity (Wildman–Crippen MR) is 88.0 cm³/mol. The quantitative estimate of drug-likeness (QED) is 0.365. The van der Waals surface area contributed by atoms with Crippen LogP contribution in [0.1, 0.15) is 37.5 Å². The van der Waals surface area contributed by atoms with Crippen LogP contribution in [0, 0.1) is 0 Å². The van der Waals surface area contributed by atoms with Gasteiger partial charge in [0, 0.05) is 12.0 Å². The molecule has 2 rings (SSSR count). The number of hydrogen-bond acceptors (Lipinski definition) is 1. The minimum absolute atomic E-state index is 0. The van der Waals surface area contributed by atoms with Gasteiger partial charge in [0.1, 0.15) is 12.3 Å². The Labute approximate surface area is 152 Å². The highest BCUT2D eigenvalue weighted by atomic mass is 127. The summed E-state index contributed by atoms with van der Waals surface area (Å²) in [6.07, 6.45) is 6.56. The molecule has 2 aromatic rings. The van der Waals surface area contributed by atoms with Gasteiger partial charge in [0.25, 0.3) is 0 Å². The van der Waals surface area contributed by atoms with Crippen LogP contribution in [0.5, 0.6) is 0 Å². The molecule has 0 saturated carbocycles. The third-order valence-corrected chi connectivity index (χ3v) is 4.50. The molecule has 0 spiro atoms. The van der Waals surface area contributed by atoms with Crippen LogP contribution in [0.15, 0.2) is 53.1 Å². The number of aryl methyl sites for hydroxylation is 1. The Hall–Kier alpha value is -0.810. The van der Waals surface area contributed by atoms with Gasteiger partial charge in [0.05, 0.1) is 26.4 Å². The largest absolute Gasteiger partial charge is 1.00 e. The van der Waals surface area contributed by atoms with Gasteiger partial charge in [0.15, 0.2) is 0 Å². The number of rotatable bonds is 8. The van der Waals surface area contributed by atoms with Crippen molar-refractivity contribution >= 4 is 0 Å². The van der Waals surface area contributed by atoms with Crippen LogP contribution in [0.4, 0.5) is 0 Å². The second kappa shape index (κ2) is 9.36. The number of benzene rings is 1. The van der Waals surface area contributed by atoms with E-state index < -0.39 is 0 Å². The average Bonchev–Trinajstić information content (AvgIpc) is 2.97. The van der Waals surface area contributed by atoms with Gasteiger partial charge in [0.2, 0.25) is 0 Å². The third kappa shape index (κ3) is 6.13. The summed E-state index contributed by atoms with van der Waals surface area (Å²) in [5.41, 5.74) is 1.42. The maximum Gasteiger partial charge on any atom is 0.104 e. The van der Waals surface area contributed by atoms with Crippen LogP contribution in [-0.4, -0.2) is 24.6 Å². The molecular formula is C19H28INO. The highest BCUT2D eigenvalue weighted by molar-refractivity contribution is 5.13. The zero-order valence-corrected chi connectivity index (χ0v) is 16.1. The van der Waals surface area contributed by atoms with Gasteiger partial charge in [-0.25, -0.2) is 0 Å². The fourth-order valence-corrected chi connectivity index (χ4v) is 2.75. The van der Waals surface area contributed by atoms with Crippen molar-refractivity contribution in [1.29, 1.82) is 0 Å². The molecular weight excluding hydrogens is 385 g/mol. The summed E-state index contributed by atoms with van der Waals surface area (Å²) in [4.78, 5) is 0. The van der Waals surface area contributed by atoms with Crippen LogP contribution >= 0.6 is 0 Å². The average molecular weight is 413 g/mol. The Morgan fingerprint density at radius 3 is 2.36 bits per heavy atom. The summed E-state index contributed by atoms with van der Waals surface area (Å²) in [6.45, 7) is 3.47. The minimum Gasteiger partial charge on any atom is -1.00 e. The fourth-order valence-electron chi connectivity index (χ4n) is 2.75. The van der Waals surface area contributed by atoms with Gasteiger partial charge in [-0.05, 0) is 38.3 Å². The van der Waals surface area contributed by atoms with Crippen LogP contribution < -0.4 is 24.0 Å². The first-order valence-corrected chi connectivity index (χ1v) is 7.97. The van der Waals surface area contributed by atoms with E-state index in [0.717, 1.165) is 23.2 Å². The second-order valence-corrected chi connectivity index (χ2v) is 6.60. The molecule has 1 aromatic heterocycles. The molecule has 0 aliphatic carbocycles. The first kappa shape index (κ1) is 19.2. The van der Waals surface area contributed by atoms with E-state index in [1.807, 2.05) is 6.07 Å². The SMILES string of the molecule is CC(CCCCc1ccco1)[N+](C)(C)Cc1ccccc1.[I-]. The molecule has 0 N–H and O–H groups in total. The Morgan fingerprint density at radius 2 is 1.73 bits per heavy atom. The number of nitrogens with zero attached hydrogens (tertiary/aromatic N) is 1. The van der Waals surface area contributed by atoms with E-state index in [-0.39, 0.29) is 24.0 Å². The first-order chi connectivity index (χ1) is 10.1. The molecule has 0 aliphatic heterocycles. The molecule has 0 saturated heterocycles. The maximum atomic E-state index is 5.38. The first-order valence-electron chi connectivity index (χ1n) is 7.97. The summed E-state index contributed by atoms with van der Waals surface area (Å²) < 4.78 is 6.43. The Bertz CT molecular complexity index is 507. The lowest BCUT2D eigenvalue weighted by Gasteiger charge is -2.36. The monoisotopic (exact) mass is 413 g/mol. The highest BCUT2D eigenvalue weighted by Gasteiger charge is 2.23. The molecule has 1 aromatic carbocycles. The van der Waals surface area contributed by atoms with E-state index in [2.05, 4.69) is 57.4 Å². The van der Waals surface area contributed by atoms with Gasteiger partial charge < -0.3 is 32.9 Å². The van der Waals surface area contributed by atoms with Crippen molar-refractivity contribution in [2.24, 2.45) is 0 Å². The molecule has 1 heterocycles. The molecule has 0 aliphatic rings. The number of halogens is 1. The van der Waals surface area contributed by atoms with Crippen LogP contribution in [0.25, 0.3) is 0 Å². The maximum absolute atomic E-state index is 5.38. The van der Waals surface area contributed by atoms with Crippen molar-refractivity contribution in [3.63, 3.8) is 0 Å². The molecule has 22 heavy (non-hydrogen) atoms. The fraction of sp³-hybridized carbons (Fsp3) is 0.474. The lowest BCUT2D eigenvalue weighted by Crippen LogP contribution is -3.00. The lowest BCUT2D eigenvalue weighted by molar-refractivity contribution is -0.926. The molecule has 0 bridgehead atoms. The summed E-state index contributed by atoms with van der Waals surface area (Å²) in [7, 11) is 4.67. The van der Waals surface area contributed by atoms with E-state index in [4.69, 9.17) is 4.42 Å². The van der Waals surface area contributed by atoms with Gasteiger partial charge in [-0.1, -0.05) is 30.3 Å². The van der Waals surface area contributed by atoms with Crippen molar-refractivity contribution < 1.29 is 32.9 Å². The van der Waals surface area contributed by atoms with E-state index in [1.54, 1.807) is 6.26 Å². The van der Waals surface area contributed by atoms with E-state index >= 15 is 0 Å². The van der Waals surface area contributed by atoms with Crippen molar-refractivity contribution in [2.45, 2.75) is 45.2 Å². The molecule has 0 radical (unpaired) electrons. The standard InChI is InChI=1S/C19H28NO.HI/c1-17(10-7-8-13-19-14-9-15-21-19)20(2,3)16-18-11-5-4-6-12-18;/h4-6,9,11-12,14-15,17H,7-8,10,13,16H2,1-3H3;1H/q+1;/p-1. The van der Waals surface area contributed by atoms with Crippen LogP contribution in [-0.2, 0) is 13.0 Å². The minimum atomic E-state index is 0.